The molecule has 0 radical (unpaired) electrons. The van der Waals surface area contributed by atoms with Crippen LogP contribution in [0.25, 0.3) is 0 Å². The third-order valence-electron chi connectivity index (χ3n) is 1.06. The molecule has 12 heavy (non-hydrogen) atoms. The van der Waals surface area contributed by atoms with E-state index in [1.54, 1.807) is 12.4 Å². The summed E-state index contributed by atoms with van der Waals surface area (Å²) in [5, 5.41) is 0. The van der Waals surface area contributed by atoms with Crippen LogP contribution in [0.1, 0.15) is 0 Å². The maximum Gasteiger partial charge on any atom is 2.00 e. The van der Waals surface area contributed by atoms with E-state index < -0.39 is 0 Å². The summed E-state index contributed by atoms with van der Waals surface area (Å²) in [6.45, 7) is 0. The van der Waals surface area contributed by atoms with Gasteiger partial charge in [0.05, 0.1) is 0 Å². The van der Waals surface area contributed by atoms with Gasteiger partial charge in [0.25, 0.3) is 0 Å². The second-order valence-electron chi connectivity index (χ2n) is 1.91. The van der Waals surface area contributed by atoms with Crippen LogP contribution in [0.15, 0.2) is 54.9 Å². The second kappa shape index (κ2) is 8.31. The van der Waals surface area contributed by atoms with Crippen LogP contribution in [-0.2, 0) is 21.7 Å². The Balaban J connectivity index is 0.000000189. The predicted octanol–water partition coefficient (Wildman–Crippen LogP) is 2.13. The van der Waals surface area contributed by atoms with Crippen LogP contribution in [0.4, 0.5) is 0 Å². The zero-order valence-corrected chi connectivity index (χ0v) is 8.20. The van der Waals surface area contributed by atoms with E-state index in [4.69, 9.17) is 0 Å². The van der Waals surface area contributed by atoms with E-state index in [-0.39, 0.29) is 21.7 Å². The number of rotatable bonds is 0. The fraction of sp³-hybridized carbons (Fsp3) is 0. The van der Waals surface area contributed by atoms with E-state index in [0.29, 0.717) is 0 Å². The molecule has 0 N–H and O–H groups in total. The van der Waals surface area contributed by atoms with Gasteiger partial charge >= 0.3 is 21.7 Å². The second-order valence-corrected chi connectivity index (χ2v) is 1.91. The molecule has 2 rings (SSSR count). The van der Waals surface area contributed by atoms with E-state index in [9.17, 15) is 0 Å². The molecule has 1 aromatic carbocycles. The standard InChI is InChI=1S/C6H5.C4H4N.Ti/c1-2-4-6-5-3-1;1-2-4-5-3-1;/h1-5H;1-4H;/q2*-1;+2. The van der Waals surface area contributed by atoms with E-state index in [0.717, 1.165) is 0 Å². The van der Waals surface area contributed by atoms with E-state index in [1.165, 1.54) is 0 Å². The van der Waals surface area contributed by atoms with Crippen LogP contribution < -0.4 is 4.98 Å². The number of aromatic nitrogens is 1. The van der Waals surface area contributed by atoms with Crippen molar-refractivity contribution in [1.29, 1.82) is 0 Å². The molecular weight excluding hydrogens is 182 g/mol. The SMILES string of the molecule is [Ti+2].[c-]1ccccc1.c1cc[n-]c1. The van der Waals surface area contributed by atoms with Crippen molar-refractivity contribution >= 4 is 0 Å². The fourth-order valence-electron chi connectivity index (χ4n) is 0.590. The molecule has 0 atom stereocenters. The third kappa shape index (κ3) is 5.96. The molecule has 0 bridgehead atoms. The van der Waals surface area contributed by atoms with Crippen molar-refractivity contribution in [3.05, 3.63) is 60.9 Å². The van der Waals surface area contributed by atoms with Gasteiger partial charge in [-0.1, -0.05) is 12.1 Å². The number of benzene rings is 1. The molecule has 0 saturated heterocycles. The maximum absolute atomic E-state index is 3.72. The first-order valence-electron chi connectivity index (χ1n) is 3.43. The van der Waals surface area contributed by atoms with E-state index in [1.807, 2.05) is 42.5 Å². The third-order valence-corrected chi connectivity index (χ3v) is 1.06. The van der Waals surface area contributed by atoms with E-state index in [2.05, 4.69) is 11.1 Å². The summed E-state index contributed by atoms with van der Waals surface area (Å²) in [7, 11) is 0. The molecule has 1 aromatic heterocycles. The van der Waals surface area contributed by atoms with Crippen LogP contribution >= 0.6 is 0 Å². The normalized spacial score (nSPS) is 7.33. The first-order valence-corrected chi connectivity index (χ1v) is 3.43. The van der Waals surface area contributed by atoms with Gasteiger partial charge in [-0.15, -0.1) is 0 Å². The Morgan fingerprint density at radius 2 is 1.33 bits per heavy atom. The molecule has 0 aliphatic carbocycles. The van der Waals surface area contributed by atoms with Crippen molar-refractivity contribution < 1.29 is 21.7 Å². The molecule has 58 valence electrons. The van der Waals surface area contributed by atoms with Crippen molar-refractivity contribution in [3.8, 4) is 0 Å². The minimum atomic E-state index is 0. The fourth-order valence-corrected chi connectivity index (χ4v) is 0.590. The van der Waals surface area contributed by atoms with Gasteiger partial charge in [0.2, 0.25) is 0 Å². The van der Waals surface area contributed by atoms with Gasteiger partial charge in [0.15, 0.2) is 0 Å². The van der Waals surface area contributed by atoms with Crippen molar-refractivity contribution in [2.24, 2.45) is 0 Å². The van der Waals surface area contributed by atoms with Crippen LogP contribution in [0.3, 0.4) is 0 Å². The molecule has 2 heteroatoms. The number of hydrogen-bond acceptors (Lipinski definition) is 0. The van der Waals surface area contributed by atoms with Crippen molar-refractivity contribution in [2.45, 2.75) is 0 Å². The first-order chi connectivity index (χ1) is 5.50. The average molecular weight is 191 g/mol. The van der Waals surface area contributed by atoms with Crippen LogP contribution in [-0.4, -0.2) is 0 Å². The number of hydrogen-bond donors (Lipinski definition) is 0. The van der Waals surface area contributed by atoms with Gasteiger partial charge in [0.1, 0.15) is 0 Å². The van der Waals surface area contributed by atoms with Gasteiger partial charge in [-0.05, 0) is 0 Å². The Kier molecular flexibility index (Phi) is 7.77. The zero-order chi connectivity index (χ0) is 7.78. The van der Waals surface area contributed by atoms with Crippen LogP contribution in [0.5, 0.6) is 0 Å². The topological polar surface area (TPSA) is 14.1 Å². The Bertz CT molecular complexity index is 196. The van der Waals surface area contributed by atoms with Crippen molar-refractivity contribution in [2.75, 3.05) is 0 Å². The van der Waals surface area contributed by atoms with Crippen LogP contribution in [0, 0.1) is 6.07 Å². The quantitative estimate of drug-likeness (QED) is 0.459. The predicted molar refractivity (Wildman–Crippen MR) is 45.0 cm³/mol. The molecule has 0 aliphatic rings. The molecule has 0 spiro atoms. The molecular formula is C10H9NTi. The summed E-state index contributed by atoms with van der Waals surface area (Å²) in [6.07, 6.45) is 3.50. The Morgan fingerprint density at radius 1 is 0.750 bits per heavy atom. The van der Waals surface area contributed by atoms with Crippen molar-refractivity contribution in [3.63, 3.8) is 0 Å². The summed E-state index contributed by atoms with van der Waals surface area (Å²) >= 11 is 0. The Hall–Kier alpha value is -0.786. The summed E-state index contributed by atoms with van der Waals surface area (Å²) < 4.78 is 0. The number of nitrogens with zero attached hydrogens (tertiary/aromatic N) is 1. The Labute approximate surface area is 87.7 Å². The summed E-state index contributed by atoms with van der Waals surface area (Å²) in [5.41, 5.74) is 0. The molecule has 1 heterocycles. The van der Waals surface area contributed by atoms with Gasteiger partial charge in [-0.3, -0.25) is 0 Å². The minimum Gasteiger partial charge on any atom is -0.670 e. The molecule has 0 fully saturated rings. The molecule has 0 aliphatic heterocycles. The summed E-state index contributed by atoms with van der Waals surface area (Å²) in [5.74, 6) is 0. The largest absolute Gasteiger partial charge is 2.00 e. The Morgan fingerprint density at radius 3 is 1.50 bits per heavy atom. The molecule has 0 unspecified atom stereocenters. The van der Waals surface area contributed by atoms with Crippen LogP contribution in [0.2, 0.25) is 0 Å². The molecule has 2 aromatic rings. The monoisotopic (exact) mass is 191 g/mol. The molecule has 0 amide bonds. The molecule has 1 nitrogen and oxygen atoms in total. The smallest absolute Gasteiger partial charge is 0.670 e. The zero-order valence-electron chi connectivity index (χ0n) is 6.64. The van der Waals surface area contributed by atoms with Gasteiger partial charge in [-0.25, -0.2) is 0 Å². The van der Waals surface area contributed by atoms with Gasteiger partial charge in [0, 0.05) is 0 Å². The van der Waals surface area contributed by atoms with Gasteiger partial charge < -0.3 is 4.98 Å². The summed E-state index contributed by atoms with van der Waals surface area (Å²) in [6, 6.07) is 16.3. The van der Waals surface area contributed by atoms with Crippen molar-refractivity contribution in [1.82, 2.24) is 4.98 Å². The molecule has 0 saturated carbocycles. The van der Waals surface area contributed by atoms with Gasteiger partial charge in [-0.2, -0.15) is 48.8 Å². The first kappa shape index (κ1) is 11.2. The van der Waals surface area contributed by atoms with E-state index >= 15 is 0 Å². The maximum atomic E-state index is 3.72. The average Bonchev–Trinajstić information content (AvgIpc) is 2.64. The minimum absolute atomic E-state index is 0. The summed E-state index contributed by atoms with van der Waals surface area (Å²) in [4.78, 5) is 3.72.